The summed E-state index contributed by atoms with van der Waals surface area (Å²) in [6, 6.07) is 14.6. The number of ketones is 1. The lowest BCUT2D eigenvalue weighted by Crippen LogP contribution is -1.97. The van der Waals surface area contributed by atoms with E-state index in [4.69, 9.17) is 9.47 Å². The van der Waals surface area contributed by atoms with E-state index in [9.17, 15) is 4.79 Å². The van der Waals surface area contributed by atoms with Gasteiger partial charge in [0.1, 0.15) is 11.5 Å². The second-order valence-corrected chi connectivity index (χ2v) is 4.53. The highest BCUT2D eigenvalue weighted by molar-refractivity contribution is 6.04. The Kier molecular flexibility index (Phi) is 5.60. The zero-order valence-corrected chi connectivity index (χ0v) is 12.7. The highest BCUT2D eigenvalue weighted by atomic mass is 16.5. The molecule has 0 unspecified atom stereocenters. The van der Waals surface area contributed by atoms with Gasteiger partial charge in [-0.2, -0.15) is 0 Å². The van der Waals surface area contributed by atoms with Crippen LogP contribution in [0.1, 0.15) is 17.3 Å². The molecule has 0 atom stereocenters. The quantitative estimate of drug-likeness (QED) is 0.622. The lowest BCUT2D eigenvalue weighted by atomic mass is 10.1. The van der Waals surface area contributed by atoms with E-state index in [0.717, 1.165) is 17.2 Å². The summed E-state index contributed by atoms with van der Waals surface area (Å²) in [4.78, 5) is 12.0. The third-order valence-corrected chi connectivity index (χ3v) is 3.00. The van der Waals surface area contributed by atoms with Gasteiger partial charge < -0.3 is 14.8 Å². The van der Waals surface area contributed by atoms with E-state index in [1.807, 2.05) is 31.2 Å². The van der Waals surface area contributed by atoms with Crippen molar-refractivity contribution in [3.63, 3.8) is 0 Å². The Hall–Kier alpha value is -2.75. The molecule has 0 heterocycles. The van der Waals surface area contributed by atoms with Crippen LogP contribution >= 0.6 is 0 Å². The number of rotatable bonds is 7. The maximum atomic E-state index is 12.0. The van der Waals surface area contributed by atoms with Crippen LogP contribution < -0.4 is 14.8 Å². The van der Waals surface area contributed by atoms with E-state index in [1.165, 1.54) is 6.08 Å². The Balaban J connectivity index is 1.96. The number of nitrogens with one attached hydrogen (secondary N) is 1. The van der Waals surface area contributed by atoms with Crippen molar-refractivity contribution in [2.75, 3.05) is 19.0 Å². The van der Waals surface area contributed by atoms with Crippen LogP contribution in [-0.2, 0) is 0 Å². The fourth-order valence-electron chi connectivity index (χ4n) is 1.91. The van der Waals surface area contributed by atoms with Crippen LogP contribution in [0.5, 0.6) is 11.5 Å². The van der Waals surface area contributed by atoms with Crippen molar-refractivity contribution in [2.45, 2.75) is 6.92 Å². The summed E-state index contributed by atoms with van der Waals surface area (Å²) in [6.45, 7) is 2.56. The molecular weight excluding hydrogens is 278 g/mol. The minimum absolute atomic E-state index is 0.0730. The summed E-state index contributed by atoms with van der Waals surface area (Å²) in [5, 5.41) is 3.06. The summed E-state index contributed by atoms with van der Waals surface area (Å²) < 4.78 is 10.5. The number of anilines is 1. The van der Waals surface area contributed by atoms with Crippen molar-refractivity contribution in [1.82, 2.24) is 0 Å². The van der Waals surface area contributed by atoms with Crippen molar-refractivity contribution in [3.8, 4) is 11.5 Å². The summed E-state index contributed by atoms with van der Waals surface area (Å²) in [6.07, 6.45) is 3.12. The van der Waals surface area contributed by atoms with Gasteiger partial charge in [-0.15, -0.1) is 0 Å². The summed E-state index contributed by atoms with van der Waals surface area (Å²) in [5.74, 6) is 1.45. The molecule has 2 aromatic rings. The van der Waals surface area contributed by atoms with Crippen LogP contribution in [0.15, 0.2) is 60.8 Å². The molecule has 1 N–H and O–H groups in total. The van der Waals surface area contributed by atoms with Crippen molar-refractivity contribution in [3.05, 3.63) is 66.4 Å². The molecule has 0 aromatic heterocycles. The third-order valence-electron chi connectivity index (χ3n) is 3.00. The minimum atomic E-state index is -0.0730. The molecule has 0 fully saturated rings. The van der Waals surface area contributed by atoms with Crippen LogP contribution in [-0.4, -0.2) is 19.5 Å². The van der Waals surface area contributed by atoms with E-state index < -0.39 is 0 Å². The highest BCUT2D eigenvalue weighted by Crippen LogP contribution is 2.17. The number of hydrogen-bond donors (Lipinski definition) is 1. The molecule has 114 valence electrons. The SMILES string of the molecule is CCOc1cccc(N/C=C/C(=O)c2ccc(OC)cc2)c1. The zero-order valence-electron chi connectivity index (χ0n) is 12.7. The average Bonchev–Trinajstić information content (AvgIpc) is 2.55. The Labute approximate surface area is 130 Å². The molecule has 0 amide bonds. The Morgan fingerprint density at radius 3 is 2.59 bits per heavy atom. The lowest BCUT2D eigenvalue weighted by Gasteiger charge is -2.05. The average molecular weight is 297 g/mol. The highest BCUT2D eigenvalue weighted by Gasteiger charge is 2.01. The van der Waals surface area contributed by atoms with Crippen LogP contribution in [0.2, 0.25) is 0 Å². The third kappa shape index (κ3) is 4.38. The summed E-state index contributed by atoms with van der Waals surface area (Å²) >= 11 is 0. The fraction of sp³-hybridized carbons (Fsp3) is 0.167. The van der Waals surface area contributed by atoms with Gasteiger partial charge in [0.15, 0.2) is 5.78 Å². The van der Waals surface area contributed by atoms with Gasteiger partial charge in [0.2, 0.25) is 0 Å². The molecule has 0 saturated carbocycles. The van der Waals surface area contributed by atoms with Crippen LogP contribution in [0.25, 0.3) is 0 Å². The standard InChI is InChI=1S/C18H19NO3/c1-3-22-17-6-4-5-15(13-17)19-12-11-18(20)14-7-9-16(21-2)10-8-14/h4-13,19H,3H2,1-2H3/b12-11+. The molecule has 0 bridgehead atoms. The smallest absolute Gasteiger partial charge is 0.187 e. The monoisotopic (exact) mass is 297 g/mol. The van der Waals surface area contributed by atoms with Gasteiger partial charge in [-0.3, -0.25) is 4.79 Å². The molecule has 2 rings (SSSR count). The number of methoxy groups -OCH3 is 1. The number of ether oxygens (including phenoxy) is 2. The number of hydrogen-bond acceptors (Lipinski definition) is 4. The summed E-state index contributed by atoms with van der Waals surface area (Å²) in [5.41, 5.74) is 1.48. The number of benzene rings is 2. The first-order valence-corrected chi connectivity index (χ1v) is 7.07. The van der Waals surface area contributed by atoms with Gasteiger partial charge in [-0.05, 0) is 43.3 Å². The number of carbonyl (C=O) groups is 1. The molecule has 0 aliphatic heterocycles. The van der Waals surface area contributed by atoms with Gasteiger partial charge in [-0.25, -0.2) is 0 Å². The number of carbonyl (C=O) groups excluding carboxylic acids is 1. The molecular formula is C18H19NO3. The van der Waals surface area contributed by atoms with Gasteiger partial charge >= 0.3 is 0 Å². The lowest BCUT2D eigenvalue weighted by molar-refractivity contribution is 0.104. The molecule has 0 radical (unpaired) electrons. The Morgan fingerprint density at radius 2 is 1.91 bits per heavy atom. The molecule has 0 aliphatic carbocycles. The normalized spacial score (nSPS) is 10.5. The molecule has 0 saturated heterocycles. The Morgan fingerprint density at radius 1 is 1.14 bits per heavy atom. The summed E-state index contributed by atoms with van der Waals surface area (Å²) in [7, 11) is 1.59. The molecule has 22 heavy (non-hydrogen) atoms. The predicted molar refractivity (Wildman–Crippen MR) is 87.7 cm³/mol. The molecule has 4 nitrogen and oxygen atoms in total. The second kappa shape index (κ2) is 7.88. The van der Waals surface area contributed by atoms with Gasteiger partial charge in [0.25, 0.3) is 0 Å². The molecule has 2 aromatic carbocycles. The minimum Gasteiger partial charge on any atom is -0.497 e. The Bertz CT molecular complexity index is 648. The topological polar surface area (TPSA) is 47.6 Å². The van der Waals surface area contributed by atoms with Gasteiger partial charge in [0.05, 0.1) is 13.7 Å². The van der Waals surface area contributed by atoms with E-state index in [0.29, 0.717) is 12.2 Å². The first-order chi connectivity index (χ1) is 10.7. The largest absolute Gasteiger partial charge is 0.497 e. The predicted octanol–water partition coefficient (Wildman–Crippen LogP) is 3.90. The second-order valence-electron chi connectivity index (χ2n) is 4.53. The fourth-order valence-corrected chi connectivity index (χ4v) is 1.91. The van der Waals surface area contributed by atoms with Gasteiger partial charge in [-0.1, -0.05) is 6.07 Å². The van der Waals surface area contributed by atoms with Crippen molar-refractivity contribution >= 4 is 11.5 Å². The van der Waals surface area contributed by atoms with Crippen LogP contribution in [0, 0.1) is 0 Å². The molecule has 0 spiro atoms. The molecule has 4 heteroatoms. The maximum Gasteiger partial charge on any atom is 0.187 e. The number of allylic oxidation sites excluding steroid dienone is 1. The zero-order chi connectivity index (χ0) is 15.8. The van der Waals surface area contributed by atoms with E-state index in [2.05, 4.69) is 5.32 Å². The first-order valence-electron chi connectivity index (χ1n) is 7.07. The van der Waals surface area contributed by atoms with E-state index >= 15 is 0 Å². The maximum absolute atomic E-state index is 12.0. The van der Waals surface area contributed by atoms with Crippen molar-refractivity contribution in [2.24, 2.45) is 0 Å². The van der Waals surface area contributed by atoms with Crippen LogP contribution in [0.4, 0.5) is 5.69 Å². The van der Waals surface area contributed by atoms with E-state index in [1.54, 1.807) is 37.6 Å². The van der Waals surface area contributed by atoms with E-state index in [-0.39, 0.29) is 5.78 Å². The first kappa shape index (κ1) is 15.6. The molecule has 0 aliphatic rings. The van der Waals surface area contributed by atoms with Crippen LogP contribution in [0.3, 0.4) is 0 Å². The van der Waals surface area contributed by atoms with Crippen molar-refractivity contribution < 1.29 is 14.3 Å². The van der Waals surface area contributed by atoms with Gasteiger partial charge in [0, 0.05) is 29.6 Å². The van der Waals surface area contributed by atoms with Crippen molar-refractivity contribution in [1.29, 1.82) is 0 Å².